The average molecular weight is 356 g/mol. The molecule has 23 heavy (non-hydrogen) atoms. The fourth-order valence-electron chi connectivity index (χ4n) is 2.89. The second-order valence-corrected chi connectivity index (χ2v) is 7.67. The topological polar surface area (TPSA) is 64.4 Å². The maximum Gasteiger partial charge on any atom is 0.264 e. The summed E-state index contributed by atoms with van der Waals surface area (Å²) in [6.07, 6.45) is 2.97. The van der Waals surface area contributed by atoms with E-state index in [0.29, 0.717) is 12.3 Å². The molecule has 8 heteroatoms. The zero-order valence-electron chi connectivity index (χ0n) is 12.9. The van der Waals surface area contributed by atoms with Gasteiger partial charge in [-0.1, -0.05) is 23.7 Å². The van der Waals surface area contributed by atoms with E-state index in [-0.39, 0.29) is 16.2 Å². The van der Waals surface area contributed by atoms with Crippen LogP contribution < -0.4 is 4.74 Å². The van der Waals surface area contributed by atoms with Crippen molar-refractivity contribution in [2.24, 2.45) is 7.05 Å². The monoisotopic (exact) mass is 355 g/mol. The highest BCUT2D eigenvalue weighted by Crippen LogP contribution is 2.38. The number of ether oxygens (including phenoxy) is 1. The van der Waals surface area contributed by atoms with Gasteiger partial charge in [0.05, 0.1) is 19.5 Å². The predicted molar refractivity (Wildman–Crippen MR) is 87.1 cm³/mol. The SMILES string of the molecule is COc1cccc(C2CCCN2S(=O)(=O)c2ncn(C)c2Cl)c1. The number of hydrogen-bond donors (Lipinski definition) is 0. The van der Waals surface area contributed by atoms with Crippen LogP contribution in [0.4, 0.5) is 0 Å². The van der Waals surface area contributed by atoms with Gasteiger partial charge in [-0.15, -0.1) is 0 Å². The number of aromatic nitrogens is 2. The molecule has 1 aliphatic heterocycles. The van der Waals surface area contributed by atoms with Gasteiger partial charge in [-0.05, 0) is 30.5 Å². The van der Waals surface area contributed by atoms with Gasteiger partial charge < -0.3 is 9.30 Å². The summed E-state index contributed by atoms with van der Waals surface area (Å²) in [4.78, 5) is 3.97. The highest BCUT2D eigenvalue weighted by molar-refractivity contribution is 7.89. The Morgan fingerprint density at radius 2 is 2.17 bits per heavy atom. The number of benzene rings is 1. The van der Waals surface area contributed by atoms with E-state index in [4.69, 9.17) is 16.3 Å². The van der Waals surface area contributed by atoms with E-state index < -0.39 is 10.0 Å². The molecular weight excluding hydrogens is 338 g/mol. The van der Waals surface area contributed by atoms with Crippen LogP contribution in [-0.4, -0.2) is 35.9 Å². The molecule has 0 aliphatic carbocycles. The number of hydrogen-bond acceptors (Lipinski definition) is 4. The van der Waals surface area contributed by atoms with Crippen molar-refractivity contribution in [2.75, 3.05) is 13.7 Å². The van der Waals surface area contributed by atoms with Crippen molar-refractivity contribution in [2.45, 2.75) is 23.9 Å². The molecule has 2 aromatic rings. The minimum atomic E-state index is -3.74. The fraction of sp³-hybridized carbons (Fsp3) is 0.400. The average Bonchev–Trinajstić information content (AvgIpc) is 3.16. The molecule has 0 bridgehead atoms. The first-order valence-electron chi connectivity index (χ1n) is 7.27. The minimum Gasteiger partial charge on any atom is -0.497 e. The van der Waals surface area contributed by atoms with Crippen molar-refractivity contribution >= 4 is 21.6 Å². The summed E-state index contributed by atoms with van der Waals surface area (Å²) in [7, 11) is -0.479. The third kappa shape index (κ3) is 2.84. The van der Waals surface area contributed by atoms with Gasteiger partial charge in [-0.2, -0.15) is 4.31 Å². The van der Waals surface area contributed by atoms with Crippen molar-refractivity contribution in [1.29, 1.82) is 0 Å². The van der Waals surface area contributed by atoms with Gasteiger partial charge in [0.15, 0.2) is 0 Å². The van der Waals surface area contributed by atoms with Gasteiger partial charge in [-0.25, -0.2) is 13.4 Å². The number of methoxy groups -OCH3 is 1. The lowest BCUT2D eigenvalue weighted by molar-refractivity contribution is 0.389. The molecule has 3 rings (SSSR count). The maximum atomic E-state index is 12.9. The number of aryl methyl sites for hydroxylation is 1. The van der Waals surface area contributed by atoms with Crippen LogP contribution in [0, 0.1) is 0 Å². The van der Waals surface area contributed by atoms with Crippen LogP contribution in [0.3, 0.4) is 0 Å². The van der Waals surface area contributed by atoms with E-state index in [1.807, 2.05) is 24.3 Å². The van der Waals surface area contributed by atoms with Crippen LogP contribution in [-0.2, 0) is 17.1 Å². The molecule has 1 atom stereocenters. The van der Waals surface area contributed by atoms with Gasteiger partial charge >= 0.3 is 0 Å². The summed E-state index contributed by atoms with van der Waals surface area (Å²) < 4.78 is 34.1. The van der Waals surface area contributed by atoms with E-state index >= 15 is 0 Å². The van der Waals surface area contributed by atoms with Crippen LogP contribution in [0.2, 0.25) is 5.15 Å². The molecule has 1 aromatic heterocycles. The summed E-state index contributed by atoms with van der Waals surface area (Å²) in [6, 6.07) is 7.27. The number of nitrogens with zero attached hydrogens (tertiary/aromatic N) is 3. The Morgan fingerprint density at radius 1 is 1.39 bits per heavy atom. The summed E-state index contributed by atoms with van der Waals surface area (Å²) >= 11 is 6.09. The fourth-order valence-corrected chi connectivity index (χ4v) is 4.96. The first kappa shape index (κ1) is 16.3. The summed E-state index contributed by atoms with van der Waals surface area (Å²) in [5.74, 6) is 0.711. The Kier molecular flexibility index (Phi) is 4.35. The number of rotatable bonds is 4. The van der Waals surface area contributed by atoms with Crippen LogP contribution in [0.15, 0.2) is 35.6 Å². The molecule has 1 aliphatic rings. The van der Waals surface area contributed by atoms with E-state index in [1.54, 1.807) is 14.2 Å². The molecular formula is C15H18ClN3O3S. The Balaban J connectivity index is 1.99. The molecule has 0 saturated carbocycles. The molecule has 1 unspecified atom stereocenters. The third-order valence-electron chi connectivity index (χ3n) is 4.07. The highest BCUT2D eigenvalue weighted by Gasteiger charge is 2.38. The zero-order chi connectivity index (χ0) is 16.6. The Labute approximate surface area is 140 Å². The predicted octanol–water partition coefficient (Wildman–Crippen LogP) is 2.61. The van der Waals surface area contributed by atoms with E-state index in [0.717, 1.165) is 18.4 Å². The van der Waals surface area contributed by atoms with Crippen molar-refractivity contribution in [3.63, 3.8) is 0 Å². The smallest absolute Gasteiger partial charge is 0.264 e. The molecule has 124 valence electrons. The summed E-state index contributed by atoms with van der Waals surface area (Å²) in [6.45, 7) is 0.455. The van der Waals surface area contributed by atoms with Crippen molar-refractivity contribution in [3.05, 3.63) is 41.3 Å². The molecule has 0 spiro atoms. The third-order valence-corrected chi connectivity index (χ3v) is 6.47. The van der Waals surface area contributed by atoms with Crippen LogP contribution in [0.25, 0.3) is 0 Å². The van der Waals surface area contributed by atoms with E-state index in [9.17, 15) is 8.42 Å². The Morgan fingerprint density at radius 3 is 2.83 bits per heavy atom. The number of halogens is 1. The number of imidazole rings is 1. The lowest BCUT2D eigenvalue weighted by Crippen LogP contribution is -2.31. The summed E-state index contributed by atoms with van der Waals surface area (Å²) in [5.41, 5.74) is 0.914. The van der Waals surface area contributed by atoms with Crippen molar-refractivity contribution < 1.29 is 13.2 Å². The first-order valence-corrected chi connectivity index (χ1v) is 9.09. The Hall–Kier alpha value is -1.57. The molecule has 2 heterocycles. The Bertz CT molecular complexity index is 819. The van der Waals surface area contributed by atoms with Crippen LogP contribution >= 0.6 is 11.6 Å². The first-order chi connectivity index (χ1) is 10.9. The lowest BCUT2D eigenvalue weighted by Gasteiger charge is -2.24. The minimum absolute atomic E-state index is 0.0866. The quantitative estimate of drug-likeness (QED) is 0.845. The maximum absolute atomic E-state index is 12.9. The molecule has 1 saturated heterocycles. The molecule has 6 nitrogen and oxygen atoms in total. The van der Waals surface area contributed by atoms with Gasteiger partial charge in [0.1, 0.15) is 10.9 Å². The molecule has 0 amide bonds. The normalized spacial score (nSPS) is 19.2. The second-order valence-electron chi connectivity index (χ2n) is 5.50. The van der Waals surface area contributed by atoms with Crippen LogP contribution in [0.5, 0.6) is 5.75 Å². The van der Waals surface area contributed by atoms with Crippen molar-refractivity contribution in [3.8, 4) is 5.75 Å². The number of sulfonamides is 1. The molecule has 0 radical (unpaired) electrons. The standard InChI is InChI=1S/C15H18ClN3O3S/c1-18-10-17-15(14(18)16)23(20,21)19-8-4-7-13(19)11-5-3-6-12(9-11)22-2/h3,5-6,9-10,13H,4,7-8H2,1-2H3. The molecule has 0 N–H and O–H groups in total. The second kappa shape index (κ2) is 6.14. The summed E-state index contributed by atoms with van der Waals surface area (Å²) in [5, 5.41) is 0.0396. The lowest BCUT2D eigenvalue weighted by atomic mass is 10.1. The van der Waals surface area contributed by atoms with E-state index in [1.165, 1.54) is 15.2 Å². The molecule has 1 fully saturated rings. The zero-order valence-corrected chi connectivity index (χ0v) is 14.5. The van der Waals surface area contributed by atoms with Crippen molar-refractivity contribution in [1.82, 2.24) is 13.9 Å². The van der Waals surface area contributed by atoms with E-state index in [2.05, 4.69) is 4.98 Å². The van der Waals surface area contributed by atoms with Gasteiger partial charge in [0, 0.05) is 13.6 Å². The largest absolute Gasteiger partial charge is 0.497 e. The van der Waals surface area contributed by atoms with Gasteiger partial charge in [-0.3, -0.25) is 0 Å². The van der Waals surface area contributed by atoms with Gasteiger partial charge in [0.25, 0.3) is 10.0 Å². The van der Waals surface area contributed by atoms with Gasteiger partial charge in [0.2, 0.25) is 5.03 Å². The highest BCUT2D eigenvalue weighted by atomic mass is 35.5. The molecule has 1 aromatic carbocycles. The van der Waals surface area contributed by atoms with Crippen LogP contribution in [0.1, 0.15) is 24.4 Å².